The summed E-state index contributed by atoms with van der Waals surface area (Å²) in [5.41, 5.74) is 11.5. The third-order valence-corrected chi connectivity index (χ3v) is 5.76. The summed E-state index contributed by atoms with van der Waals surface area (Å²) in [4.78, 5) is 18.5. The van der Waals surface area contributed by atoms with E-state index in [0.717, 1.165) is 25.0 Å². The van der Waals surface area contributed by atoms with Crippen LogP contribution in [-0.4, -0.2) is 22.2 Å². The lowest BCUT2D eigenvalue weighted by Crippen LogP contribution is -1.82. The van der Waals surface area contributed by atoms with Gasteiger partial charge in [0.2, 0.25) is 0 Å². The van der Waals surface area contributed by atoms with E-state index in [-0.39, 0.29) is 0 Å². The van der Waals surface area contributed by atoms with Gasteiger partial charge < -0.3 is 10.2 Å². The number of carbonyl (C=O) groups is 2. The molecule has 4 heteroatoms. The molecule has 0 saturated heterocycles. The first-order valence-electron chi connectivity index (χ1n) is 11.5. The fourth-order valence-corrected chi connectivity index (χ4v) is 4.16. The van der Waals surface area contributed by atoms with Crippen LogP contribution in [0.15, 0.2) is 122 Å². The molecule has 0 fully saturated rings. The second-order valence-corrected chi connectivity index (χ2v) is 8.07. The summed E-state index contributed by atoms with van der Waals surface area (Å²) >= 11 is 0. The van der Waals surface area contributed by atoms with Gasteiger partial charge >= 0.3 is 11.9 Å². The molecule has 0 atom stereocenters. The number of fused-ring (bicyclic) bond motifs is 6. The predicted octanol–water partition coefficient (Wildman–Crippen LogP) is 7.03. The molecule has 0 aliphatic heterocycles. The first-order valence-corrected chi connectivity index (χ1v) is 11.5. The molecular weight excluding hydrogens is 448 g/mol. The number of rotatable bonds is 2. The van der Waals surface area contributed by atoms with E-state index in [9.17, 15) is 9.59 Å². The minimum atomic E-state index is -0.981. The van der Waals surface area contributed by atoms with E-state index in [1.807, 2.05) is 0 Å². The first kappa shape index (κ1) is 25.9. The number of carboxylic acids is 2. The minimum Gasteiger partial charge on any atom is -0.478 e. The number of aliphatic carboxylic acids is 2. The predicted molar refractivity (Wildman–Crippen MR) is 145 cm³/mol. The highest BCUT2D eigenvalue weighted by molar-refractivity contribution is 5.79. The number of benzene rings is 4. The zero-order valence-electron chi connectivity index (χ0n) is 19.9. The molecule has 180 valence electrons. The monoisotopic (exact) mass is 476 g/mol. The Bertz CT molecular complexity index is 1190. The Morgan fingerprint density at radius 1 is 0.500 bits per heavy atom. The smallest absolute Gasteiger partial charge is 0.327 e. The van der Waals surface area contributed by atoms with Crippen molar-refractivity contribution in [3.8, 4) is 22.3 Å². The van der Waals surface area contributed by atoms with Gasteiger partial charge in [-0.15, -0.1) is 0 Å². The molecule has 36 heavy (non-hydrogen) atoms. The van der Waals surface area contributed by atoms with E-state index < -0.39 is 11.9 Å². The largest absolute Gasteiger partial charge is 0.478 e. The van der Waals surface area contributed by atoms with Crippen LogP contribution >= 0.6 is 0 Å². The van der Waals surface area contributed by atoms with Gasteiger partial charge in [-0.1, -0.05) is 110 Å². The van der Waals surface area contributed by atoms with Gasteiger partial charge in [-0.2, -0.15) is 0 Å². The molecule has 0 amide bonds. The summed E-state index contributed by atoms with van der Waals surface area (Å²) in [6, 6.07) is 34.6. The summed E-state index contributed by atoms with van der Waals surface area (Å²) in [6.07, 6.45) is 3.87. The normalized spacial score (nSPS) is 10.7. The van der Waals surface area contributed by atoms with Crippen molar-refractivity contribution in [2.75, 3.05) is 0 Å². The van der Waals surface area contributed by atoms with E-state index in [4.69, 9.17) is 10.2 Å². The first-order chi connectivity index (χ1) is 17.4. The SMILES string of the molecule is C=CC(=O)O.C=CC(=O)O.c1ccc2c(c1)Cc1ccccc1-2.c1ccc2c(c1)Cc1ccccc1-2. The van der Waals surface area contributed by atoms with Crippen molar-refractivity contribution in [3.05, 3.63) is 145 Å². The maximum absolute atomic E-state index is 9.25. The van der Waals surface area contributed by atoms with E-state index in [0.29, 0.717) is 0 Å². The van der Waals surface area contributed by atoms with E-state index >= 15 is 0 Å². The van der Waals surface area contributed by atoms with E-state index in [2.05, 4.69) is 110 Å². The highest BCUT2D eigenvalue weighted by Crippen LogP contribution is 2.36. The van der Waals surface area contributed by atoms with Crippen molar-refractivity contribution >= 4 is 11.9 Å². The summed E-state index contributed by atoms with van der Waals surface area (Å²) in [5, 5.41) is 15.2. The summed E-state index contributed by atoms with van der Waals surface area (Å²) in [7, 11) is 0. The number of hydrogen-bond donors (Lipinski definition) is 2. The molecule has 2 N–H and O–H groups in total. The average Bonchev–Trinajstić information content (AvgIpc) is 3.48. The Balaban J connectivity index is 0.000000148. The van der Waals surface area contributed by atoms with Crippen LogP contribution in [0.1, 0.15) is 22.3 Å². The molecule has 0 saturated carbocycles. The molecular formula is C32H28O4. The lowest BCUT2D eigenvalue weighted by Gasteiger charge is -1.98. The molecule has 0 heterocycles. The average molecular weight is 477 g/mol. The van der Waals surface area contributed by atoms with Crippen molar-refractivity contribution in [1.82, 2.24) is 0 Å². The Morgan fingerprint density at radius 2 is 0.694 bits per heavy atom. The van der Waals surface area contributed by atoms with Gasteiger partial charge in [0.15, 0.2) is 0 Å². The van der Waals surface area contributed by atoms with Crippen LogP contribution in [0.5, 0.6) is 0 Å². The third-order valence-electron chi connectivity index (χ3n) is 5.76. The molecule has 0 unspecified atom stereocenters. The Hall–Kier alpha value is -4.70. The maximum Gasteiger partial charge on any atom is 0.327 e. The molecule has 2 aliphatic rings. The van der Waals surface area contributed by atoms with Crippen LogP contribution < -0.4 is 0 Å². The molecule has 0 radical (unpaired) electrons. The Morgan fingerprint density at radius 3 is 0.889 bits per heavy atom. The molecule has 0 spiro atoms. The maximum atomic E-state index is 9.25. The molecule has 4 aromatic carbocycles. The van der Waals surface area contributed by atoms with E-state index in [1.165, 1.54) is 44.5 Å². The van der Waals surface area contributed by atoms with Crippen molar-refractivity contribution in [3.63, 3.8) is 0 Å². The van der Waals surface area contributed by atoms with Crippen LogP contribution in [-0.2, 0) is 22.4 Å². The third kappa shape index (κ3) is 6.67. The van der Waals surface area contributed by atoms with Gasteiger partial charge in [0.1, 0.15) is 0 Å². The Labute approximate surface area is 211 Å². The Kier molecular flexibility index (Phi) is 9.12. The van der Waals surface area contributed by atoms with E-state index in [1.54, 1.807) is 0 Å². The highest BCUT2D eigenvalue weighted by Gasteiger charge is 2.16. The van der Waals surface area contributed by atoms with Gasteiger partial charge in [-0.25, -0.2) is 9.59 Å². The fourth-order valence-electron chi connectivity index (χ4n) is 4.16. The van der Waals surface area contributed by atoms with Gasteiger partial charge in [0.05, 0.1) is 0 Å². The summed E-state index contributed by atoms with van der Waals surface area (Å²) in [6.45, 7) is 5.92. The topological polar surface area (TPSA) is 74.6 Å². The van der Waals surface area contributed by atoms with Gasteiger partial charge in [0.25, 0.3) is 0 Å². The standard InChI is InChI=1S/2C13H10.2C3H4O2/c2*1-3-7-12-10(5-1)9-11-6-2-4-8-13(11)12;2*1-2-3(4)5/h2*1-8H,9H2;2*2H,1H2,(H,4,5). The summed E-state index contributed by atoms with van der Waals surface area (Å²) < 4.78 is 0. The van der Waals surface area contributed by atoms with Crippen molar-refractivity contribution in [2.45, 2.75) is 12.8 Å². The second-order valence-electron chi connectivity index (χ2n) is 8.07. The minimum absolute atomic E-state index is 0.833. The summed E-state index contributed by atoms with van der Waals surface area (Å²) in [5.74, 6) is -1.96. The highest BCUT2D eigenvalue weighted by atomic mass is 16.4. The van der Waals surface area contributed by atoms with Crippen molar-refractivity contribution in [1.29, 1.82) is 0 Å². The lowest BCUT2D eigenvalue weighted by atomic mass is 10.1. The molecule has 0 bridgehead atoms. The van der Waals surface area contributed by atoms with Crippen LogP contribution in [0, 0.1) is 0 Å². The molecule has 4 aromatic rings. The number of carboxylic acid groups (broad SMARTS) is 2. The zero-order valence-corrected chi connectivity index (χ0v) is 19.9. The molecule has 4 nitrogen and oxygen atoms in total. The molecule has 2 aliphatic carbocycles. The lowest BCUT2D eigenvalue weighted by molar-refractivity contribution is -0.132. The van der Waals surface area contributed by atoms with Crippen LogP contribution in [0.25, 0.3) is 22.3 Å². The second kappa shape index (κ2) is 12.7. The zero-order chi connectivity index (χ0) is 25.9. The van der Waals surface area contributed by atoms with Crippen molar-refractivity contribution in [2.24, 2.45) is 0 Å². The molecule has 6 rings (SSSR count). The van der Waals surface area contributed by atoms with Gasteiger partial charge in [0, 0.05) is 12.2 Å². The van der Waals surface area contributed by atoms with Crippen LogP contribution in [0.4, 0.5) is 0 Å². The fraction of sp³-hybridized carbons (Fsp3) is 0.0625. The van der Waals surface area contributed by atoms with Gasteiger partial charge in [-0.3, -0.25) is 0 Å². The number of hydrogen-bond acceptors (Lipinski definition) is 2. The van der Waals surface area contributed by atoms with Crippen molar-refractivity contribution < 1.29 is 19.8 Å². The van der Waals surface area contributed by atoms with Crippen LogP contribution in [0.3, 0.4) is 0 Å². The van der Waals surface area contributed by atoms with Crippen LogP contribution in [0.2, 0.25) is 0 Å². The quantitative estimate of drug-likeness (QED) is 0.263. The van der Waals surface area contributed by atoms with Gasteiger partial charge in [-0.05, 0) is 57.3 Å². The molecule has 0 aromatic heterocycles.